The van der Waals surface area contributed by atoms with Crippen LogP contribution < -0.4 is 5.73 Å². The first kappa shape index (κ1) is 20.0. The summed E-state index contributed by atoms with van der Waals surface area (Å²) in [6, 6.07) is 25.9. The number of aromatic nitrogens is 2. The molecular weight excluding hydrogens is 378 g/mol. The van der Waals surface area contributed by atoms with Crippen molar-refractivity contribution in [3.8, 4) is 0 Å². The number of para-hydroxylation sites is 1. The first-order chi connectivity index (χ1) is 15.3. The Morgan fingerprint density at radius 3 is 2.55 bits per heavy atom. The molecule has 0 fully saturated rings. The first-order valence-electron chi connectivity index (χ1n) is 11.5. The number of aryl methyl sites for hydroxylation is 1. The van der Waals surface area contributed by atoms with Crippen molar-refractivity contribution >= 4 is 10.9 Å². The standard InChI is InChI=1S/C28H31N3/c29-21-28(16-8-11-22-9-2-1-3-10-22)17-15-27-25(19-28)24-13-4-5-14-26(24)31(27)20-23-12-6-7-18-30-23/h1-7,9-10,12-14,18H,8,11,15-17,19-21,29H2. The molecule has 0 saturated heterocycles. The summed E-state index contributed by atoms with van der Waals surface area (Å²) in [5.41, 5.74) is 13.5. The lowest BCUT2D eigenvalue weighted by Gasteiger charge is -2.37. The third kappa shape index (κ3) is 4.03. The third-order valence-corrected chi connectivity index (χ3v) is 7.13. The maximum atomic E-state index is 6.43. The number of fused-ring (bicyclic) bond motifs is 3. The Hall–Kier alpha value is -2.91. The fourth-order valence-electron chi connectivity index (χ4n) is 5.39. The van der Waals surface area contributed by atoms with Crippen LogP contribution in [0.5, 0.6) is 0 Å². The summed E-state index contributed by atoms with van der Waals surface area (Å²) in [6.45, 7) is 1.60. The van der Waals surface area contributed by atoms with Crippen LogP contribution in [0.15, 0.2) is 79.0 Å². The maximum absolute atomic E-state index is 6.43. The fraction of sp³-hybridized carbons (Fsp3) is 0.321. The molecule has 3 nitrogen and oxygen atoms in total. The highest BCUT2D eigenvalue weighted by atomic mass is 15.0. The van der Waals surface area contributed by atoms with E-state index in [1.165, 1.54) is 47.0 Å². The largest absolute Gasteiger partial charge is 0.338 e. The molecule has 2 aromatic carbocycles. The quantitative estimate of drug-likeness (QED) is 0.435. The Morgan fingerprint density at radius 1 is 0.935 bits per heavy atom. The Labute approximate surface area is 184 Å². The van der Waals surface area contributed by atoms with Gasteiger partial charge in [0.25, 0.3) is 0 Å². The molecule has 2 aromatic heterocycles. The molecule has 31 heavy (non-hydrogen) atoms. The molecule has 1 aliphatic rings. The number of benzene rings is 2. The van der Waals surface area contributed by atoms with Gasteiger partial charge in [0, 0.05) is 22.8 Å². The van der Waals surface area contributed by atoms with Gasteiger partial charge in [0.05, 0.1) is 12.2 Å². The molecule has 0 amide bonds. The Bertz CT molecular complexity index is 1150. The zero-order valence-electron chi connectivity index (χ0n) is 18.1. The minimum absolute atomic E-state index is 0.210. The van der Waals surface area contributed by atoms with E-state index < -0.39 is 0 Å². The second-order valence-corrected chi connectivity index (χ2v) is 9.07. The SMILES string of the molecule is NCC1(CCCc2ccccc2)CCc2c(c3ccccc3n2Cc2ccccn2)C1. The van der Waals surface area contributed by atoms with Gasteiger partial charge in [-0.05, 0) is 79.8 Å². The molecule has 158 valence electrons. The zero-order chi connectivity index (χ0) is 21.1. The molecular formula is C28H31N3. The molecule has 0 saturated carbocycles. The number of hydrogen-bond acceptors (Lipinski definition) is 2. The normalized spacial score (nSPS) is 18.2. The van der Waals surface area contributed by atoms with Gasteiger partial charge in [-0.3, -0.25) is 4.98 Å². The van der Waals surface area contributed by atoms with Crippen LogP contribution in [0.2, 0.25) is 0 Å². The number of nitrogens with two attached hydrogens (primary N) is 1. The van der Waals surface area contributed by atoms with Crippen LogP contribution in [-0.4, -0.2) is 16.1 Å². The van der Waals surface area contributed by atoms with Crippen molar-refractivity contribution in [2.45, 2.75) is 45.1 Å². The molecule has 0 bridgehead atoms. The minimum atomic E-state index is 0.210. The summed E-state index contributed by atoms with van der Waals surface area (Å²) in [5.74, 6) is 0. The molecule has 4 aromatic rings. The van der Waals surface area contributed by atoms with Crippen LogP contribution in [0, 0.1) is 5.41 Å². The van der Waals surface area contributed by atoms with Gasteiger partial charge in [-0.2, -0.15) is 0 Å². The molecule has 0 aliphatic heterocycles. The van der Waals surface area contributed by atoms with E-state index in [1.54, 1.807) is 0 Å². The monoisotopic (exact) mass is 409 g/mol. The molecule has 1 aliphatic carbocycles. The first-order valence-corrected chi connectivity index (χ1v) is 11.5. The van der Waals surface area contributed by atoms with Gasteiger partial charge < -0.3 is 10.3 Å². The number of pyridine rings is 1. The average molecular weight is 410 g/mol. The lowest BCUT2D eigenvalue weighted by atomic mass is 9.69. The van der Waals surface area contributed by atoms with Crippen LogP contribution in [0.25, 0.3) is 10.9 Å². The number of nitrogens with zero attached hydrogens (tertiary/aromatic N) is 2. The predicted molar refractivity (Wildman–Crippen MR) is 128 cm³/mol. The molecule has 5 rings (SSSR count). The zero-order valence-corrected chi connectivity index (χ0v) is 18.1. The summed E-state index contributed by atoms with van der Waals surface area (Å²) in [6.07, 6.45) is 8.77. The van der Waals surface area contributed by atoms with E-state index in [0.29, 0.717) is 0 Å². The molecule has 0 spiro atoms. The Balaban J connectivity index is 1.42. The summed E-state index contributed by atoms with van der Waals surface area (Å²) < 4.78 is 2.50. The van der Waals surface area contributed by atoms with Crippen LogP contribution in [0.4, 0.5) is 0 Å². The second kappa shape index (κ2) is 8.68. The van der Waals surface area contributed by atoms with E-state index in [1.807, 2.05) is 12.3 Å². The summed E-state index contributed by atoms with van der Waals surface area (Å²) in [5, 5.41) is 1.40. The van der Waals surface area contributed by atoms with Gasteiger partial charge in [0.1, 0.15) is 0 Å². The highest BCUT2D eigenvalue weighted by Gasteiger charge is 2.35. The predicted octanol–water partition coefficient (Wildman–Crippen LogP) is 5.54. The fourth-order valence-corrected chi connectivity index (χ4v) is 5.39. The summed E-state index contributed by atoms with van der Waals surface area (Å²) >= 11 is 0. The van der Waals surface area contributed by atoms with Crippen molar-refractivity contribution in [1.82, 2.24) is 9.55 Å². The summed E-state index contributed by atoms with van der Waals surface area (Å²) in [4.78, 5) is 4.58. The number of hydrogen-bond donors (Lipinski definition) is 1. The molecule has 2 heterocycles. The van der Waals surface area contributed by atoms with Crippen molar-refractivity contribution in [2.24, 2.45) is 11.1 Å². The molecule has 2 N–H and O–H groups in total. The Morgan fingerprint density at radius 2 is 1.74 bits per heavy atom. The van der Waals surface area contributed by atoms with Crippen LogP contribution in [0.1, 0.15) is 41.8 Å². The molecule has 1 unspecified atom stereocenters. The van der Waals surface area contributed by atoms with Crippen LogP contribution in [0.3, 0.4) is 0 Å². The average Bonchev–Trinajstić information content (AvgIpc) is 3.13. The van der Waals surface area contributed by atoms with E-state index >= 15 is 0 Å². The van der Waals surface area contributed by atoms with E-state index in [0.717, 1.165) is 38.0 Å². The second-order valence-electron chi connectivity index (χ2n) is 9.07. The van der Waals surface area contributed by atoms with Gasteiger partial charge in [-0.25, -0.2) is 0 Å². The third-order valence-electron chi connectivity index (χ3n) is 7.13. The van der Waals surface area contributed by atoms with Crippen LogP contribution in [-0.2, 0) is 25.8 Å². The van der Waals surface area contributed by atoms with Gasteiger partial charge in [0.2, 0.25) is 0 Å². The van der Waals surface area contributed by atoms with Crippen molar-refractivity contribution in [1.29, 1.82) is 0 Å². The Kier molecular flexibility index (Phi) is 5.61. The minimum Gasteiger partial charge on any atom is -0.338 e. The van der Waals surface area contributed by atoms with E-state index in [2.05, 4.69) is 76.3 Å². The van der Waals surface area contributed by atoms with Crippen molar-refractivity contribution in [2.75, 3.05) is 6.54 Å². The van der Waals surface area contributed by atoms with E-state index in [-0.39, 0.29) is 5.41 Å². The maximum Gasteiger partial charge on any atom is 0.0651 e. The lowest BCUT2D eigenvalue weighted by molar-refractivity contribution is 0.227. The van der Waals surface area contributed by atoms with Gasteiger partial charge in [-0.1, -0.05) is 54.6 Å². The van der Waals surface area contributed by atoms with Crippen molar-refractivity contribution < 1.29 is 0 Å². The van der Waals surface area contributed by atoms with E-state index in [9.17, 15) is 0 Å². The van der Waals surface area contributed by atoms with Gasteiger partial charge >= 0.3 is 0 Å². The van der Waals surface area contributed by atoms with Crippen LogP contribution >= 0.6 is 0 Å². The topological polar surface area (TPSA) is 43.8 Å². The number of rotatable bonds is 7. The van der Waals surface area contributed by atoms with Gasteiger partial charge in [0.15, 0.2) is 0 Å². The summed E-state index contributed by atoms with van der Waals surface area (Å²) in [7, 11) is 0. The highest BCUT2D eigenvalue weighted by molar-refractivity contribution is 5.86. The highest BCUT2D eigenvalue weighted by Crippen LogP contribution is 2.43. The molecule has 1 atom stereocenters. The smallest absolute Gasteiger partial charge is 0.0651 e. The van der Waals surface area contributed by atoms with Gasteiger partial charge in [-0.15, -0.1) is 0 Å². The van der Waals surface area contributed by atoms with Crippen molar-refractivity contribution in [3.05, 3.63) is 102 Å². The van der Waals surface area contributed by atoms with Crippen molar-refractivity contribution in [3.63, 3.8) is 0 Å². The molecule has 0 radical (unpaired) electrons. The molecule has 3 heteroatoms. The van der Waals surface area contributed by atoms with E-state index in [4.69, 9.17) is 5.73 Å². The lowest BCUT2D eigenvalue weighted by Crippen LogP contribution is -2.36.